The van der Waals surface area contributed by atoms with Crippen LogP contribution in [0, 0.1) is 0 Å². The van der Waals surface area contributed by atoms with Gasteiger partial charge in [-0.05, 0) is 18.1 Å². The molecule has 2 rings (SSSR count). The summed E-state index contributed by atoms with van der Waals surface area (Å²) < 4.78 is 0. The second-order valence-electron chi connectivity index (χ2n) is 3.85. The molecule has 1 N–H and O–H groups in total. The van der Waals surface area contributed by atoms with Crippen LogP contribution in [0.25, 0.3) is 0 Å². The van der Waals surface area contributed by atoms with Crippen molar-refractivity contribution < 1.29 is 4.79 Å². The Morgan fingerprint density at radius 2 is 2.22 bits per heavy atom. The molecule has 0 saturated heterocycles. The summed E-state index contributed by atoms with van der Waals surface area (Å²) in [5.74, 6) is 0.0166. The highest BCUT2D eigenvalue weighted by Gasteiger charge is 2.04. The highest BCUT2D eigenvalue weighted by molar-refractivity contribution is 7.07. The molecule has 1 amide bonds. The smallest absolute Gasteiger partial charge is 0.220 e. The number of benzene rings is 1. The molecule has 5 heteroatoms. The van der Waals surface area contributed by atoms with E-state index in [2.05, 4.69) is 10.3 Å². The number of hydrogen-bond acceptors (Lipinski definition) is 3. The highest BCUT2D eigenvalue weighted by Crippen LogP contribution is 2.14. The maximum Gasteiger partial charge on any atom is 0.220 e. The molecule has 0 aliphatic carbocycles. The van der Waals surface area contributed by atoms with E-state index in [-0.39, 0.29) is 5.91 Å². The van der Waals surface area contributed by atoms with Crippen LogP contribution in [0.3, 0.4) is 0 Å². The van der Waals surface area contributed by atoms with Crippen molar-refractivity contribution >= 4 is 28.8 Å². The Kier molecular flexibility index (Phi) is 4.73. The maximum absolute atomic E-state index is 11.6. The van der Waals surface area contributed by atoms with Crippen LogP contribution in [0.4, 0.5) is 0 Å². The predicted molar refractivity (Wildman–Crippen MR) is 73.7 cm³/mol. The van der Waals surface area contributed by atoms with E-state index in [1.165, 1.54) is 0 Å². The number of halogens is 1. The fourth-order valence-corrected chi connectivity index (χ4v) is 2.32. The molecule has 2 aromatic rings. The van der Waals surface area contributed by atoms with Crippen LogP contribution < -0.4 is 5.32 Å². The highest BCUT2D eigenvalue weighted by atomic mass is 35.5. The van der Waals surface area contributed by atoms with Gasteiger partial charge in [-0.15, -0.1) is 11.3 Å². The third kappa shape index (κ3) is 3.82. The van der Waals surface area contributed by atoms with E-state index >= 15 is 0 Å². The van der Waals surface area contributed by atoms with Crippen molar-refractivity contribution in [3.8, 4) is 0 Å². The first-order chi connectivity index (χ1) is 8.75. The monoisotopic (exact) mass is 280 g/mol. The molecule has 3 nitrogen and oxygen atoms in total. The summed E-state index contributed by atoms with van der Waals surface area (Å²) in [4.78, 5) is 15.8. The number of thiazole rings is 1. The number of amides is 1. The van der Waals surface area contributed by atoms with E-state index in [0.29, 0.717) is 24.4 Å². The molecule has 0 unspecified atom stereocenters. The number of aryl methyl sites for hydroxylation is 1. The van der Waals surface area contributed by atoms with Crippen molar-refractivity contribution in [1.82, 2.24) is 10.3 Å². The van der Waals surface area contributed by atoms with Gasteiger partial charge in [0.15, 0.2) is 0 Å². The Hall–Kier alpha value is -1.39. The third-order valence-corrected chi connectivity index (χ3v) is 3.53. The van der Waals surface area contributed by atoms with Gasteiger partial charge in [-0.1, -0.05) is 29.8 Å². The van der Waals surface area contributed by atoms with Gasteiger partial charge < -0.3 is 5.32 Å². The molecule has 0 aliphatic rings. The van der Waals surface area contributed by atoms with Gasteiger partial charge in [-0.3, -0.25) is 4.79 Å². The zero-order valence-corrected chi connectivity index (χ0v) is 11.3. The summed E-state index contributed by atoms with van der Waals surface area (Å²) in [5.41, 5.74) is 3.67. The Labute approximate surface area is 115 Å². The first kappa shape index (κ1) is 13.1. The van der Waals surface area contributed by atoms with Gasteiger partial charge in [0.05, 0.1) is 11.2 Å². The van der Waals surface area contributed by atoms with Gasteiger partial charge in [0.2, 0.25) is 5.91 Å². The van der Waals surface area contributed by atoms with E-state index in [9.17, 15) is 4.79 Å². The quantitative estimate of drug-likeness (QED) is 0.915. The fraction of sp³-hybridized carbons (Fsp3) is 0.231. The number of carbonyl (C=O) groups excluding carboxylic acids is 1. The topological polar surface area (TPSA) is 42.0 Å². The Morgan fingerprint density at radius 1 is 1.39 bits per heavy atom. The maximum atomic E-state index is 11.6. The minimum Gasteiger partial charge on any atom is -0.352 e. The summed E-state index contributed by atoms with van der Waals surface area (Å²) in [6.07, 6.45) is 1.13. The molecule has 0 fully saturated rings. The van der Waals surface area contributed by atoms with Crippen molar-refractivity contribution in [2.24, 2.45) is 0 Å². The number of aromatic nitrogens is 1. The Morgan fingerprint density at radius 3 is 2.94 bits per heavy atom. The molecule has 18 heavy (non-hydrogen) atoms. The second-order valence-corrected chi connectivity index (χ2v) is 4.97. The van der Waals surface area contributed by atoms with Crippen LogP contribution in [0.1, 0.15) is 17.7 Å². The molecular formula is C13H13ClN2OS. The lowest BCUT2D eigenvalue weighted by molar-refractivity contribution is -0.121. The molecule has 0 bridgehead atoms. The Bertz CT molecular complexity index is 513. The summed E-state index contributed by atoms with van der Waals surface area (Å²) in [6, 6.07) is 7.50. The third-order valence-electron chi connectivity index (χ3n) is 2.53. The van der Waals surface area contributed by atoms with Crippen LogP contribution >= 0.6 is 22.9 Å². The lowest BCUT2D eigenvalue weighted by atomic mass is 10.2. The number of hydrogen-bond donors (Lipinski definition) is 1. The molecule has 1 aromatic carbocycles. The number of nitrogens with one attached hydrogen (secondary N) is 1. The summed E-state index contributed by atoms with van der Waals surface area (Å²) in [7, 11) is 0. The SMILES string of the molecule is O=C(CCc1cscn1)NCc1ccccc1Cl. The van der Waals surface area contributed by atoms with Gasteiger partial charge in [0.1, 0.15) is 0 Å². The first-order valence-electron chi connectivity index (χ1n) is 5.63. The largest absolute Gasteiger partial charge is 0.352 e. The van der Waals surface area contributed by atoms with Gasteiger partial charge in [0, 0.05) is 23.4 Å². The minimum atomic E-state index is 0.0166. The molecule has 94 valence electrons. The first-order valence-corrected chi connectivity index (χ1v) is 6.95. The van der Waals surface area contributed by atoms with Gasteiger partial charge in [-0.25, -0.2) is 4.98 Å². The number of rotatable bonds is 5. The second kappa shape index (κ2) is 6.52. The van der Waals surface area contributed by atoms with Gasteiger partial charge in [0.25, 0.3) is 0 Å². The number of carbonyl (C=O) groups is 1. The van der Waals surface area contributed by atoms with Crippen LogP contribution in [-0.4, -0.2) is 10.9 Å². The molecular weight excluding hydrogens is 268 g/mol. The van der Waals surface area contributed by atoms with E-state index in [0.717, 1.165) is 11.3 Å². The lowest BCUT2D eigenvalue weighted by Crippen LogP contribution is -2.23. The van der Waals surface area contributed by atoms with Gasteiger partial charge in [-0.2, -0.15) is 0 Å². The average Bonchev–Trinajstić information content (AvgIpc) is 2.88. The molecule has 0 aliphatic heterocycles. The summed E-state index contributed by atoms with van der Waals surface area (Å²) in [5, 5.41) is 5.49. The van der Waals surface area contributed by atoms with Crippen LogP contribution in [0.2, 0.25) is 5.02 Å². The molecule has 0 radical (unpaired) electrons. The number of nitrogens with zero attached hydrogens (tertiary/aromatic N) is 1. The molecule has 1 aromatic heterocycles. The van der Waals surface area contributed by atoms with Gasteiger partial charge >= 0.3 is 0 Å². The van der Waals surface area contributed by atoms with Crippen LogP contribution in [0.5, 0.6) is 0 Å². The zero-order valence-electron chi connectivity index (χ0n) is 9.73. The summed E-state index contributed by atoms with van der Waals surface area (Å²) in [6.45, 7) is 0.468. The van der Waals surface area contributed by atoms with Crippen molar-refractivity contribution in [3.05, 3.63) is 51.4 Å². The van der Waals surface area contributed by atoms with Crippen molar-refractivity contribution in [1.29, 1.82) is 0 Å². The predicted octanol–water partition coefficient (Wildman–Crippen LogP) is 3.05. The van der Waals surface area contributed by atoms with Crippen LogP contribution in [0.15, 0.2) is 35.2 Å². The summed E-state index contributed by atoms with van der Waals surface area (Å²) >= 11 is 7.55. The zero-order chi connectivity index (χ0) is 12.8. The average molecular weight is 281 g/mol. The van der Waals surface area contributed by atoms with Crippen molar-refractivity contribution in [2.45, 2.75) is 19.4 Å². The molecule has 0 spiro atoms. The normalized spacial score (nSPS) is 10.3. The molecule has 1 heterocycles. The van der Waals surface area contributed by atoms with Crippen molar-refractivity contribution in [3.63, 3.8) is 0 Å². The molecule has 0 atom stereocenters. The molecule has 0 saturated carbocycles. The minimum absolute atomic E-state index is 0.0166. The fourth-order valence-electron chi connectivity index (χ4n) is 1.53. The van der Waals surface area contributed by atoms with E-state index < -0.39 is 0 Å². The van der Waals surface area contributed by atoms with E-state index in [1.54, 1.807) is 16.8 Å². The standard InChI is InChI=1S/C13H13ClN2OS/c14-12-4-2-1-3-10(12)7-15-13(17)6-5-11-8-18-9-16-11/h1-4,8-9H,5-7H2,(H,15,17). The Balaban J connectivity index is 1.77. The van der Waals surface area contributed by atoms with Crippen LogP contribution in [-0.2, 0) is 17.8 Å². The lowest BCUT2D eigenvalue weighted by Gasteiger charge is -2.06. The van der Waals surface area contributed by atoms with Crippen molar-refractivity contribution in [2.75, 3.05) is 0 Å². The van der Waals surface area contributed by atoms with E-state index in [4.69, 9.17) is 11.6 Å². The van der Waals surface area contributed by atoms with E-state index in [1.807, 2.05) is 29.6 Å².